The van der Waals surface area contributed by atoms with Crippen LogP contribution in [-0.4, -0.2) is 114 Å². The van der Waals surface area contributed by atoms with Crippen molar-refractivity contribution in [3.8, 4) is 24.2 Å². The van der Waals surface area contributed by atoms with Crippen molar-refractivity contribution in [2.24, 2.45) is 17.8 Å². The monoisotopic (exact) mass is 678 g/mol. The molecule has 3 fully saturated rings. The minimum Gasteiger partial charge on any atom is -0.455 e. The molecule has 3 saturated heterocycles. The first-order valence-electron chi connectivity index (χ1n) is 16.4. The molecule has 13 heteroatoms. The number of ether oxygens (including phenoxy) is 5. The Hall–Kier alpha value is -3.07. The van der Waals surface area contributed by atoms with Crippen molar-refractivity contribution in [1.29, 1.82) is 0 Å². The van der Waals surface area contributed by atoms with Gasteiger partial charge in [0.25, 0.3) is 5.67 Å². The van der Waals surface area contributed by atoms with Crippen molar-refractivity contribution < 1.29 is 52.4 Å². The Labute approximate surface area is 283 Å². The molecule has 13 atom stereocenters. The Morgan fingerprint density at radius 2 is 1.75 bits per heavy atom. The molecular formula is C35H51FN2O10. The third-order valence-electron chi connectivity index (χ3n) is 10.1. The number of Topliss-reactive ketones (excluding diaryl/α,β-unsaturated/α-hetero) is 2. The highest BCUT2D eigenvalue weighted by Crippen LogP contribution is 2.41. The third-order valence-corrected chi connectivity index (χ3v) is 10.1. The number of aliphatic hydroxyl groups is 1. The Bertz CT molecular complexity index is 1340. The summed E-state index contributed by atoms with van der Waals surface area (Å²) in [6, 6.07) is -1.35. The number of esters is 1. The molecule has 0 aromatic carbocycles. The molecule has 0 bridgehead atoms. The average molecular weight is 679 g/mol. The molecule has 3 aliphatic rings. The summed E-state index contributed by atoms with van der Waals surface area (Å²) in [5, 5.41) is 14.0. The van der Waals surface area contributed by atoms with Crippen LogP contribution in [0.25, 0.3) is 0 Å². The van der Waals surface area contributed by atoms with Gasteiger partial charge in [-0.05, 0) is 72.9 Å². The van der Waals surface area contributed by atoms with Crippen molar-refractivity contribution >= 4 is 23.6 Å². The summed E-state index contributed by atoms with van der Waals surface area (Å²) in [5.41, 5.74) is -6.32. The lowest BCUT2D eigenvalue weighted by Crippen LogP contribution is -2.61. The largest absolute Gasteiger partial charge is 0.455 e. The zero-order valence-electron chi connectivity index (χ0n) is 29.6. The van der Waals surface area contributed by atoms with Gasteiger partial charge in [-0.1, -0.05) is 33.6 Å². The van der Waals surface area contributed by atoms with Gasteiger partial charge in [0.05, 0.1) is 23.9 Å². The molecule has 12 nitrogen and oxygen atoms in total. The van der Waals surface area contributed by atoms with Crippen LogP contribution in [0.3, 0.4) is 0 Å². The van der Waals surface area contributed by atoms with Gasteiger partial charge < -0.3 is 39.0 Å². The molecule has 0 aromatic heterocycles. The van der Waals surface area contributed by atoms with Crippen LogP contribution < -0.4 is 5.32 Å². The molecule has 3 rings (SSSR count). The summed E-state index contributed by atoms with van der Waals surface area (Å²) in [6.45, 7) is 11.8. The summed E-state index contributed by atoms with van der Waals surface area (Å²) in [6.07, 6.45) is -0.470. The lowest BCUT2D eigenvalue weighted by molar-refractivity contribution is -0.296. The number of nitrogens with zero attached hydrogens (tertiary/aromatic N) is 1. The van der Waals surface area contributed by atoms with E-state index in [1.54, 1.807) is 41.8 Å². The van der Waals surface area contributed by atoms with Crippen molar-refractivity contribution in [3.63, 3.8) is 0 Å². The Morgan fingerprint density at radius 1 is 1.10 bits per heavy atom. The second kappa shape index (κ2) is 15.2. The van der Waals surface area contributed by atoms with E-state index in [4.69, 9.17) is 30.1 Å². The van der Waals surface area contributed by atoms with E-state index in [1.165, 1.54) is 13.8 Å². The number of terminal acetylenes is 1. The first kappa shape index (κ1) is 39.4. The number of hydrogen-bond acceptors (Lipinski definition) is 11. The normalized spacial score (nSPS) is 42.8. The zero-order valence-corrected chi connectivity index (χ0v) is 29.6. The summed E-state index contributed by atoms with van der Waals surface area (Å²) >= 11 is 0. The molecule has 2 N–H and O–H groups in total. The smallest absolute Gasteiger partial charge is 0.408 e. The number of fused-ring (bicyclic) bond motifs is 1. The highest BCUT2D eigenvalue weighted by molar-refractivity contribution is 6.08. The highest BCUT2D eigenvalue weighted by atomic mass is 19.1. The number of halogens is 1. The van der Waals surface area contributed by atoms with E-state index >= 15 is 4.39 Å². The van der Waals surface area contributed by atoms with Gasteiger partial charge in [0.15, 0.2) is 17.7 Å². The minimum atomic E-state index is -3.19. The highest BCUT2D eigenvalue weighted by Gasteiger charge is 2.59. The second-order valence-corrected chi connectivity index (χ2v) is 14.1. The number of ketones is 2. The number of rotatable bonds is 6. The van der Waals surface area contributed by atoms with E-state index in [9.17, 15) is 24.3 Å². The van der Waals surface area contributed by atoms with Crippen molar-refractivity contribution in [3.05, 3.63) is 0 Å². The molecule has 0 saturated carbocycles. The van der Waals surface area contributed by atoms with E-state index in [2.05, 4.69) is 23.1 Å². The van der Waals surface area contributed by atoms with Gasteiger partial charge in [-0.15, -0.1) is 6.42 Å². The number of amides is 1. The predicted molar refractivity (Wildman–Crippen MR) is 172 cm³/mol. The fourth-order valence-electron chi connectivity index (χ4n) is 7.42. The van der Waals surface area contributed by atoms with Crippen LogP contribution in [0.5, 0.6) is 0 Å². The number of carbonyl (C=O) groups is 4. The van der Waals surface area contributed by atoms with Crippen LogP contribution in [0.2, 0.25) is 0 Å². The molecule has 0 unspecified atom stereocenters. The SMILES string of the molecule is C#CC#CCO[C@@]1(C)C[C@@H](C)C(=O)[C@H](C)[C@H]2NC(=O)O[C@]2(C)[C@@H](CC)OC(=O)[C@@](C)(F)C(=O)[C@H](C)[C@H]1O[C@@H]1O[C@H](C)C[C@H](N(C)C)[C@H]1O. The summed E-state index contributed by atoms with van der Waals surface area (Å²) in [4.78, 5) is 56.1. The van der Waals surface area contributed by atoms with Crippen LogP contribution >= 0.6 is 0 Å². The Kier molecular flexibility index (Phi) is 12.5. The molecule has 48 heavy (non-hydrogen) atoms. The maximum atomic E-state index is 16.6. The lowest BCUT2D eigenvalue weighted by atomic mass is 9.73. The summed E-state index contributed by atoms with van der Waals surface area (Å²) in [7, 11) is 3.60. The maximum absolute atomic E-state index is 16.6. The standard InChI is InChI=1S/C35H51FN2O10/c1-12-14-15-16-44-33(7)18-19(3)25(39)21(5)27-35(9,48-32(43)37-27)24(13-2)46-31(42)34(8,36)28(41)22(6)29(33)47-30-26(40)23(38(10)11)17-20(4)45-30/h1,19-24,26-27,29-30,40H,13,16-18H2,2-11H3,(H,37,43)/t19-,20-,21+,22+,23+,24-,26-,27-,29-,30+,33+,34+,35-/m1/s1. The van der Waals surface area contributed by atoms with Crippen LogP contribution in [0, 0.1) is 41.9 Å². The first-order valence-corrected chi connectivity index (χ1v) is 16.4. The number of aliphatic hydroxyl groups excluding tert-OH is 1. The van der Waals surface area contributed by atoms with E-state index in [0.717, 1.165) is 6.92 Å². The third kappa shape index (κ3) is 7.87. The number of cyclic esters (lactones) is 1. The first-order chi connectivity index (χ1) is 22.2. The maximum Gasteiger partial charge on any atom is 0.408 e. The lowest BCUT2D eigenvalue weighted by Gasteiger charge is -2.47. The van der Waals surface area contributed by atoms with Crippen molar-refractivity contribution in [2.75, 3.05) is 20.7 Å². The number of likely N-dealkylation sites (N-methyl/N-ethyl adjacent to an activating group) is 1. The Balaban J connectivity index is 2.21. The fourth-order valence-corrected chi connectivity index (χ4v) is 7.42. The molecule has 268 valence electrons. The molecule has 3 heterocycles. The molecule has 1 amide bonds. The zero-order chi connectivity index (χ0) is 36.4. The summed E-state index contributed by atoms with van der Waals surface area (Å²) in [5.74, 6) is 1.30. The van der Waals surface area contributed by atoms with Gasteiger partial charge in [0, 0.05) is 23.8 Å². The molecule has 3 aliphatic heterocycles. The van der Waals surface area contributed by atoms with Crippen LogP contribution in [-0.2, 0) is 38.1 Å². The predicted octanol–water partition coefficient (Wildman–Crippen LogP) is 2.58. The average Bonchev–Trinajstić information content (AvgIpc) is 3.33. The van der Waals surface area contributed by atoms with Gasteiger partial charge >= 0.3 is 12.1 Å². The van der Waals surface area contributed by atoms with Crippen LogP contribution in [0.1, 0.15) is 74.7 Å². The molecule has 0 aliphatic carbocycles. The van der Waals surface area contributed by atoms with Gasteiger partial charge in [-0.2, -0.15) is 0 Å². The van der Waals surface area contributed by atoms with E-state index in [1.807, 2.05) is 11.8 Å². The number of alkyl halides is 1. The van der Waals surface area contributed by atoms with Crippen LogP contribution in [0.4, 0.5) is 9.18 Å². The van der Waals surface area contributed by atoms with Gasteiger partial charge in [-0.25, -0.2) is 14.0 Å². The fraction of sp³-hybridized carbons (Fsp3) is 0.771. The Morgan fingerprint density at radius 3 is 2.33 bits per heavy atom. The quantitative estimate of drug-likeness (QED) is 0.243. The summed E-state index contributed by atoms with van der Waals surface area (Å²) < 4.78 is 46.5. The van der Waals surface area contributed by atoms with Gasteiger partial charge in [0.2, 0.25) is 0 Å². The van der Waals surface area contributed by atoms with Crippen molar-refractivity contribution in [2.45, 2.75) is 134 Å². The number of carbonyl (C=O) groups excluding carboxylic acids is 4. The van der Waals surface area contributed by atoms with E-state index in [0.29, 0.717) is 6.42 Å². The van der Waals surface area contributed by atoms with Crippen molar-refractivity contribution in [1.82, 2.24) is 10.2 Å². The molecule has 0 spiro atoms. The van der Waals surface area contributed by atoms with Gasteiger partial charge in [-0.3, -0.25) is 9.59 Å². The van der Waals surface area contributed by atoms with E-state index < -0.39 is 83.1 Å². The molecule has 0 radical (unpaired) electrons. The van der Waals surface area contributed by atoms with Gasteiger partial charge in [0.1, 0.15) is 24.6 Å². The van der Waals surface area contributed by atoms with Crippen LogP contribution in [0.15, 0.2) is 0 Å². The number of hydrogen-bond donors (Lipinski definition) is 2. The van der Waals surface area contributed by atoms with E-state index in [-0.39, 0.29) is 37.4 Å². The number of nitrogens with one attached hydrogen (secondary N) is 1. The second-order valence-electron chi connectivity index (χ2n) is 14.1. The minimum absolute atomic E-state index is 0.0748. The number of alkyl carbamates (subject to hydrolysis) is 1. The topological polar surface area (TPSA) is 150 Å². The molecule has 0 aromatic rings. The molecular weight excluding hydrogens is 627 g/mol.